The minimum atomic E-state index is -0.703. The summed E-state index contributed by atoms with van der Waals surface area (Å²) in [5.41, 5.74) is 2.47. The van der Waals surface area contributed by atoms with Crippen LogP contribution in [0.4, 0.5) is 0 Å². The Balaban J connectivity index is 1.49. The summed E-state index contributed by atoms with van der Waals surface area (Å²) in [6.45, 7) is 3.57. The molecule has 30 heavy (non-hydrogen) atoms. The number of hydrogen-bond acceptors (Lipinski definition) is 7. The van der Waals surface area contributed by atoms with E-state index in [1.54, 1.807) is 16.8 Å². The van der Waals surface area contributed by atoms with Gasteiger partial charge in [-0.15, -0.1) is 0 Å². The van der Waals surface area contributed by atoms with Crippen LogP contribution in [0.3, 0.4) is 0 Å². The van der Waals surface area contributed by atoms with Crippen molar-refractivity contribution in [3.05, 3.63) is 74.9 Å². The number of aromatic nitrogens is 5. The van der Waals surface area contributed by atoms with Gasteiger partial charge >= 0.3 is 5.97 Å². The number of ether oxygens (including phenoxy) is 1. The minimum Gasteiger partial charge on any atom is -0.451 e. The number of hydrogen-bond donors (Lipinski definition) is 0. The second kappa shape index (κ2) is 8.37. The van der Waals surface area contributed by atoms with Crippen LogP contribution in [0.25, 0.3) is 17.2 Å². The first-order valence-electron chi connectivity index (χ1n) is 8.86. The van der Waals surface area contributed by atoms with E-state index in [9.17, 15) is 4.79 Å². The van der Waals surface area contributed by atoms with Crippen molar-refractivity contribution in [2.45, 2.75) is 20.5 Å². The van der Waals surface area contributed by atoms with E-state index >= 15 is 0 Å². The molecule has 0 saturated heterocycles. The van der Waals surface area contributed by atoms with Crippen LogP contribution >= 0.6 is 27.5 Å². The Morgan fingerprint density at radius 1 is 1.20 bits per heavy atom. The van der Waals surface area contributed by atoms with Crippen molar-refractivity contribution >= 4 is 33.5 Å². The summed E-state index contributed by atoms with van der Waals surface area (Å²) in [4.78, 5) is 21.1. The maximum Gasteiger partial charge on any atom is 0.359 e. The number of halogens is 2. The van der Waals surface area contributed by atoms with Gasteiger partial charge in [-0.1, -0.05) is 44.8 Å². The highest BCUT2D eigenvalue weighted by molar-refractivity contribution is 9.10. The molecule has 4 aromatic rings. The molecule has 0 aliphatic heterocycles. The maximum absolute atomic E-state index is 12.5. The molecule has 0 aliphatic carbocycles. The molecule has 4 rings (SSSR count). The van der Waals surface area contributed by atoms with Crippen LogP contribution in [-0.4, -0.2) is 30.9 Å². The number of aryl methyl sites for hydroxylation is 2. The molecular weight excluding hydrogens is 474 g/mol. The summed E-state index contributed by atoms with van der Waals surface area (Å²) in [6.07, 6.45) is 0. The van der Waals surface area contributed by atoms with Crippen molar-refractivity contribution < 1.29 is 14.1 Å². The third-order valence-corrected chi connectivity index (χ3v) is 4.93. The van der Waals surface area contributed by atoms with E-state index in [1.807, 2.05) is 44.2 Å². The molecule has 152 valence electrons. The van der Waals surface area contributed by atoms with E-state index in [1.165, 1.54) is 0 Å². The van der Waals surface area contributed by atoms with E-state index in [0.29, 0.717) is 11.6 Å². The zero-order valence-corrected chi connectivity index (χ0v) is 18.3. The molecule has 10 heteroatoms. The van der Waals surface area contributed by atoms with Gasteiger partial charge in [0.05, 0.1) is 10.7 Å². The fourth-order valence-electron chi connectivity index (χ4n) is 2.81. The standard InChI is InChI=1S/C20H15BrClN5O3/c1-11-8-12(2)27(25-11)16-7-6-15(22)18(23-16)20(28)29-10-17-24-19(26-30-17)13-4-3-5-14(21)9-13/h3-9H,10H2,1-2H3. The van der Waals surface area contributed by atoms with E-state index in [2.05, 4.69) is 36.2 Å². The predicted octanol–water partition coefficient (Wildman–Crippen LogP) is 4.71. The molecule has 0 unspecified atom stereocenters. The van der Waals surface area contributed by atoms with Crippen LogP contribution in [0.2, 0.25) is 5.02 Å². The zero-order valence-electron chi connectivity index (χ0n) is 16.0. The van der Waals surface area contributed by atoms with Crippen molar-refractivity contribution in [3.8, 4) is 17.2 Å². The lowest BCUT2D eigenvalue weighted by Crippen LogP contribution is -2.11. The third-order valence-electron chi connectivity index (χ3n) is 4.13. The Bertz CT molecular complexity index is 1240. The summed E-state index contributed by atoms with van der Waals surface area (Å²) in [7, 11) is 0. The normalized spacial score (nSPS) is 10.9. The molecule has 0 saturated carbocycles. The number of benzene rings is 1. The van der Waals surface area contributed by atoms with Crippen molar-refractivity contribution in [1.82, 2.24) is 24.9 Å². The fourth-order valence-corrected chi connectivity index (χ4v) is 3.39. The van der Waals surface area contributed by atoms with Gasteiger partial charge in [-0.05, 0) is 44.2 Å². The lowest BCUT2D eigenvalue weighted by molar-refractivity contribution is 0.0423. The van der Waals surface area contributed by atoms with E-state index in [4.69, 9.17) is 20.9 Å². The molecule has 8 nitrogen and oxygen atoms in total. The SMILES string of the molecule is Cc1cc(C)n(-c2ccc(Cl)c(C(=O)OCc3nc(-c4cccc(Br)c4)no3)n2)n1. The Kier molecular flexibility index (Phi) is 5.65. The highest BCUT2D eigenvalue weighted by Crippen LogP contribution is 2.21. The van der Waals surface area contributed by atoms with Crippen molar-refractivity contribution in [2.75, 3.05) is 0 Å². The van der Waals surface area contributed by atoms with Gasteiger partial charge in [0.2, 0.25) is 5.82 Å². The lowest BCUT2D eigenvalue weighted by Gasteiger charge is -2.07. The summed E-state index contributed by atoms with van der Waals surface area (Å²) in [5, 5.41) is 8.45. The van der Waals surface area contributed by atoms with Crippen LogP contribution in [-0.2, 0) is 11.3 Å². The number of pyridine rings is 1. The number of nitrogens with zero attached hydrogens (tertiary/aromatic N) is 5. The fraction of sp³-hybridized carbons (Fsp3) is 0.150. The third kappa shape index (κ3) is 4.27. The molecule has 0 radical (unpaired) electrons. The van der Waals surface area contributed by atoms with Crippen LogP contribution in [0.1, 0.15) is 27.8 Å². The van der Waals surface area contributed by atoms with Gasteiger partial charge in [0.15, 0.2) is 18.1 Å². The number of carbonyl (C=O) groups is 1. The number of carbonyl (C=O) groups excluding carboxylic acids is 1. The molecule has 0 aliphatic rings. The smallest absolute Gasteiger partial charge is 0.359 e. The van der Waals surface area contributed by atoms with Gasteiger partial charge in [0.1, 0.15) is 0 Å². The highest BCUT2D eigenvalue weighted by Gasteiger charge is 2.18. The molecule has 3 heterocycles. The molecule has 0 N–H and O–H groups in total. The maximum atomic E-state index is 12.5. The first-order chi connectivity index (χ1) is 14.4. The average Bonchev–Trinajstić information content (AvgIpc) is 3.32. The number of rotatable bonds is 5. The van der Waals surface area contributed by atoms with Crippen LogP contribution in [0.5, 0.6) is 0 Å². The Morgan fingerprint density at radius 2 is 2.03 bits per heavy atom. The van der Waals surface area contributed by atoms with Crippen LogP contribution < -0.4 is 0 Å². The Hall–Kier alpha value is -3.04. The summed E-state index contributed by atoms with van der Waals surface area (Å²) < 4.78 is 13.0. The summed E-state index contributed by atoms with van der Waals surface area (Å²) in [5.74, 6) is 0.312. The van der Waals surface area contributed by atoms with E-state index in [-0.39, 0.29) is 23.2 Å². The molecular formula is C20H15BrClN5O3. The van der Waals surface area contributed by atoms with Gasteiger partial charge in [-0.25, -0.2) is 14.5 Å². The predicted molar refractivity (Wildman–Crippen MR) is 112 cm³/mol. The van der Waals surface area contributed by atoms with Crippen molar-refractivity contribution in [1.29, 1.82) is 0 Å². The van der Waals surface area contributed by atoms with Crippen LogP contribution in [0, 0.1) is 13.8 Å². The monoisotopic (exact) mass is 487 g/mol. The molecule has 0 amide bonds. The van der Waals surface area contributed by atoms with Crippen LogP contribution in [0.15, 0.2) is 51.5 Å². The number of esters is 1. The molecule has 0 atom stereocenters. The Morgan fingerprint density at radius 3 is 2.77 bits per heavy atom. The second-order valence-corrected chi connectivity index (χ2v) is 7.76. The molecule has 1 aromatic carbocycles. The molecule has 0 bridgehead atoms. The highest BCUT2D eigenvalue weighted by atomic mass is 79.9. The Labute approximate surface area is 185 Å². The van der Waals surface area contributed by atoms with Gasteiger partial charge in [0, 0.05) is 15.7 Å². The lowest BCUT2D eigenvalue weighted by atomic mass is 10.2. The summed E-state index contributed by atoms with van der Waals surface area (Å²) in [6, 6.07) is 12.6. The van der Waals surface area contributed by atoms with Crippen molar-refractivity contribution in [3.63, 3.8) is 0 Å². The van der Waals surface area contributed by atoms with E-state index < -0.39 is 5.97 Å². The first kappa shape index (κ1) is 20.2. The molecule has 0 spiro atoms. The van der Waals surface area contributed by atoms with Gasteiger partial charge in [-0.2, -0.15) is 10.1 Å². The summed E-state index contributed by atoms with van der Waals surface area (Å²) >= 11 is 9.55. The van der Waals surface area contributed by atoms with Crippen molar-refractivity contribution in [2.24, 2.45) is 0 Å². The minimum absolute atomic E-state index is 0.0200. The average molecular weight is 489 g/mol. The van der Waals surface area contributed by atoms with Gasteiger partial charge in [-0.3, -0.25) is 0 Å². The molecule has 3 aromatic heterocycles. The van der Waals surface area contributed by atoms with Gasteiger partial charge < -0.3 is 9.26 Å². The molecule has 0 fully saturated rings. The topological polar surface area (TPSA) is 95.9 Å². The first-order valence-corrected chi connectivity index (χ1v) is 10.0. The second-order valence-electron chi connectivity index (χ2n) is 6.44. The largest absolute Gasteiger partial charge is 0.451 e. The zero-order chi connectivity index (χ0) is 21.3. The quantitative estimate of drug-likeness (QED) is 0.375. The van der Waals surface area contributed by atoms with Gasteiger partial charge in [0.25, 0.3) is 5.89 Å². The van der Waals surface area contributed by atoms with E-state index in [0.717, 1.165) is 21.4 Å².